The number of aliphatic hydroxyl groups is 1. The Bertz CT molecular complexity index is 504. The van der Waals surface area contributed by atoms with Crippen molar-refractivity contribution in [2.45, 2.75) is 46.7 Å². The standard InChI is InChI=1S/C17H26N2O3/c1-12(21)18-10-13-5-7-14(8-6-13)16(22)19-15(11-20)9-17(2,3)4/h5-8,15,20H,9-11H2,1-4H3,(H,18,21)(H,19,22). The van der Waals surface area contributed by atoms with Gasteiger partial charge in [0.25, 0.3) is 5.91 Å². The zero-order chi connectivity index (χ0) is 16.8. The Balaban J connectivity index is 2.63. The van der Waals surface area contributed by atoms with Crippen molar-refractivity contribution in [1.29, 1.82) is 0 Å². The molecule has 3 N–H and O–H groups in total. The number of aliphatic hydroxyl groups excluding tert-OH is 1. The van der Waals surface area contributed by atoms with E-state index >= 15 is 0 Å². The highest BCUT2D eigenvalue weighted by Crippen LogP contribution is 2.20. The minimum atomic E-state index is -0.258. The van der Waals surface area contributed by atoms with E-state index in [1.807, 2.05) is 12.1 Å². The lowest BCUT2D eigenvalue weighted by Crippen LogP contribution is -2.40. The number of benzene rings is 1. The van der Waals surface area contributed by atoms with Gasteiger partial charge >= 0.3 is 0 Å². The molecule has 1 aromatic rings. The van der Waals surface area contributed by atoms with E-state index in [0.717, 1.165) is 5.56 Å². The smallest absolute Gasteiger partial charge is 0.251 e. The van der Waals surface area contributed by atoms with E-state index in [9.17, 15) is 14.7 Å². The first-order chi connectivity index (χ1) is 10.2. The molecule has 0 aliphatic rings. The number of hydrogen-bond donors (Lipinski definition) is 3. The van der Waals surface area contributed by atoms with Crippen molar-refractivity contribution in [3.63, 3.8) is 0 Å². The third-order valence-electron chi connectivity index (χ3n) is 3.17. The van der Waals surface area contributed by atoms with E-state index < -0.39 is 0 Å². The highest BCUT2D eigenvalue weighted by Gasteiger charge is 2.20. The molecule has 122 valence electrons. The minimum absolute atomic E-state index is 0.0306. The minimum Gasteiger partial charge on any atom is -0.394 e. The van der Waals surface area contributed by atoms with Crippen LogP contribution in [-0.4, -0.2) is 29.6 Å². The molecule has 0 saturated heterocycles. The van der Waals surface area contributed by atoms with Crippen molar-refractivity contribution in [3.05, 3.63) is 35.4 Å². The van der Waals surface area contributed by atoms with E-state index in [1.165, 1.54) is 6.92 Å². The van der Waals surface area contributed by atoms with Crippen molar-refractivity contribution in [3.8, 4) is 0 Å². The average Bonchev–Trinajstić information content (AvgIpc) is 2.43. The Hall–Kier alpha value is -1.88. The van der Waals surface area contributed by atoms with Crippen molar-refractivity contribution in [2.75, 3.05) is 6.61 Å². The topological polar surface area (TPSA) is 78.4 Å². The van der Waals surface area contributed by atoms with Crippen LogP contribution >= 0.6 is 0 Å². The summed E-state index contributed by atoms with van der Waals surface area (Å²) < 4.78 is 0. The molecule has 0 radical (unpaired) electrons. The fourth-order valence-electron chi connectivity index (χ4n) is 2.17. The normalized spacial score (nSPS) is 12.6. The van der Waals surface area contributed by atoms with Crippen LogP contribution < -0.4 is 10.6 Å². The maximum absolute atomic E-state index is 12.2. The molecular weight excluding hydrogens is 280 g/mol. The number of carbonyl (C=O) groups is 2. The van der Waals surface area contributed by atoms with Gasteiger partial charge in [0.05, 0.1) is 12.6 Å². The Morgan fingerprint density at radius 2 is 1.77 bits per heavy atom. The fourth-order valence-corrected chi connectivity index (χ4v) is 2.17. The molecule has 0 saturated carbocycles. The first-order valence-electron chi connectivity index (χ1n) is 7.46. The first-order valence-corrected chi connectivity index (χ1v) is 7.46. The lowest BCUT2D eigenvalue weighted by atomic mass is 9.88. The van der Waals surface area contributed by atoms with Crippen LogP contribution in [0, 0.1) is 5.41 Å². The second-order valence-electron chi connectivity index (χ2n) is 6.72. The molecule has 0 aliphatic carbocycles. The molecule has 0 aromatic heterocycles. The Kier molecular flexibility index (Phi) is 6.56. The van der Waals surface area contributed by atoms with Crippen LogP contribution in [0.5, 0.6) is 0 Å². The Morgan fingerprint density at radius 3 is 2.23 bits per heavy atom. The summed E-state index contributed by atoms with van der Waals surface area (Å²) in [5.41, 5.74) is 1.50. The highest BCUT2D eigenvalue weighted by molar-refractivity contribution is 5.94. The number of rotatable bonds is 6. The molecule has 0 spiro atoms. The fraction of sp³-hybridized carbons (Fsp3) is 0.529. The van der Waals surface area contributed by atoms with Gasteiger partial charge in [0.2, 0.25) is 5.91 Å². The van der Waals surface area contributed by atoms with Gasteiger partial charge in [0.1, 0.15) is 0 Å². The summed E-state index contributed by atoms with van der Waals surface area (Å²) in [6, 6.07) is 6.80. The summed E-state index contributed by atoms with van der Waals surface area (Å²) in [6.45, 7) is 8.03. The van der Waals surface area contributed by atoms with Crippen molar-refractivity contribution >= 4 is 11.8 Å². The second-order valence-corrected chi connectivity index (χ2v) is 6.72. The molecule has 5 heteroatoms. The second kappa shape index (κ2) is 7.94. The molecule has 5 nitrogen and oxygen atoms in total. The predicted octanol–water partition coefficient (Wildman–Crippen LogP) is 1.85. The number of hydrogen-bond acceptors (Lipinski definition) is 3. The molecule has 1 unspecified atom stereocenters. The van der Waals surface area contributed by atoms with Gasteiger partial charge in [-0.2, -0.15) is 0 Å². The van der Waals surface area contributed by atoms with E-state index in [2.05, 4.69) is 31.4 Å². The van der Waals surface area contributed by atoms with Gasteiger partial charge in [0, 0.05) is 19.0 Å². The van der Waals surface area contributed by atoms with Crippen molar-refractivity contribution in [1.82, 2.24) is 10.6 Å². The van der Waals surface area contributed by atoms with Crippen LogP contribution in [0.3, 0.4) is 0 Å². The first kappa shape index (κ1) is 18.2. The average molecular weight is 306 g/mol. The molecule has 0 heterocycles. The number of nitrogens with one attached hydrogen (secondary N) is 2. The van der Waals surface area contributed by atoms with Crippen LogP contribution in [-0.2, 0) is 11.3 Å². The number of carbonyl (C=O) groups excluding carboxylic acids is 2. The molecule has 1 atom stereocenters. The molecule has 0 bridgehead atoms. The van der Waals surface area contributed by atoms with E-state index in [-0.39, 0.29) is 29.9 Å². The molecule has 2 amide bonds. The monoisotopic (exact) mass is 306 g/mol. The third kappa shape index (κ3) is 6.72. The van der Waals surface area contributed by atoms with E-state index in [0.29, 0.717) is 18.5 Å². The highest BCUT2D eigenvalue weighted by atomic mass is 16.3. The van der Waals surface area contributed by atoms with Gasteiger partial charge < -0.3 is 15.7 Å². The lowest BCUT2D eigenvalue weighted by Gasteiger charge is -2.25. The van der Waals surface area contributed by atoms with Gasteiger partial charge in [-0.05, 0) is 29.5 Å². The summed E-state index contributed by atoms with van der Waals surface area (Å²) in [5.74, 6) is -0.288. The molecular formula is C17H26N2O3. The molecule has 1 aromatic carbocycles. The largest absolute Gasteiger partial charge is 0.394 e. The summed E-state index contributed by atoms with van der Waals surface area (Å²) in [5, 5.41) is 15.0. The molecule has 0 aliphatic heterocycles. The molecule has 1 rings (SSSR count). The van der Waals surface area contributed by atoms with Gasteiger partial charge in [-0.15, -0.1) is 0 Å². The van der Waals surface area contributed by atoms with Crippen LogP contribution in [0.4, 0.5) is 0 Å². The SMILES string of the molecule is CC(=O)NCc1ccc(C(=O)NC(CO)CC(C)(C)C)cc1. The molecule has 22 heavy (non-hydrogen) atoms. The maximum Gasteiger partial charge on any atom is 0.251 e. The van der Waals surface area contributed by atoms with E-state index in [1.54, 1.807) is 12.1 Å². The molecule has 0 fully saturated rings. The van der Waals surface area contributed by atoms with E-state index in [4.69, 9.17) is 0 Å². The maximum atomic E-state index is 12.2. The summed E-state index contributed by atoms with van der Waals surface area (Å²) in [6.07, 6.45) is 0.704. The Labute approximate surface area is 132 Å². The lowest BCUT2D eigenvalue weighted by molar-refractivity contribution is -0.119. The zero-order valence-electron chi connectivity index (χ0n) is 13.8. The van der Waals surface area contributed by atoms with Crippen LogP contribution in [0.1, 0.15) is 50.0 Å². The number of amides is 2. The summed E-state index contributed by atoms with van der Waals surface area (Å²) in [4.78, 5) is 23.0. The van der Waals surface area contributed by atoms with Gasteiger partial charge in [-0.3, -0.25) is 9.59 Å². The summed E-state index contributed by atoms with van der Waals surface area (Å²) >= 11 is 0. The van der Waals surface area contributed by atoms with Crippen molar-refractivity contribution in [2.24, 2.45) is 5.41 Å². The van der Waals surface area contributed by atoms with Crippen molar-refractivity contribution < 1.29 is 14.7 Å². The quantitative estimate of drug-likeness (QED) is 0.750. The van der Waals surface area contributed by atoms with Gasteiger partial charge in [-0.1, -0.05) is 32.9 Å². The van der Waals surface area contributed by atoms with Crippen LogP contribution in [0.2, 0.25) is 0 Å². The van der Waals surface area contributed by atoms with Crippen LogP contribution in [0.25, 0.3) is 0 Å². The summed E-state index contributed by atoms with van der Waals surface area (Å²) in [7, 11) is 0. The van der Waals surface area contributed by atoms with Gasteiger partial charge in [-0.25, -0.2) is 0 Å². The Morgan fingerprint density at radius 1 is 1.18 bits per heavy atom. The van der Waals surface area contributed by atoms with Crippen LogP contribution in [0.15, 0.2) is 24.3 Å². The van der Waals surface area contributed by atoms with Gasteiger partial charge in [0.15, 0.2) is 0 Å². The third-order valence-corrected chi connectivity index (χ3v) is 3.17. The predicted molar refractivity (Wildman–Crippen MR) is 86.4 cm³/mol. The zero-order valence-corrected chi connectivity index (χ0v) is 13.8.